The number of fused-ring (bicyclic) bond motifs is 1. The Bertz CT molecular complexity index is 481. The fourth-order valence-corrected chi connectivity index (χ4v) is 4.69. The Kier molecular flexibility index (Phi) is 13.2. The number of anilines is 1. The summed E-state index contributed by atoms with van der Waals surface area (Å²) in [5.41, 5.74) is 3.07. The van der Waals surface area contributed by atoms with E-state index in [-0.39, 0.29) is 0 Å². The molecule has 1 aromatic rings. The Hall–Kier alpha value is -0.980. The first-order valence-electron chi connectivity index (χ1n) is 12.7. The van der Waals surface area contributed by atoms with E-state index in [4.69, 9.17) is 0 Å². The van der Waals surface area contributed by atoms with Gasteiger partial charge in [0, 0.05) is 18.8 Å². The zero-order valence-corrected chi connectivity index (χ0v) is 18.9. The van der Waals surface area contributed by atoms with Crippen LogP contribution in [0.15, 0.2) is 24.3 Å². The molecule has 0 aromatic heterocycles. The first-order chi connectivity index (χ1) is 13.9. The second-order valence-corrected chi connectivity index (χ2v) is 9.02. The van der Waals surface area contributed by atoms with Gasteiger partial charge in [-0.05, 0) is 30.9 Å². The first kappa shape index (κ1) is 23.3. The van der Waals surface area contributed by atoms with Gasteiger partial charge in [0.2, 0.25) is 0 Å². The highest BCUT2D eigenvalue weighted by Crippen LogP contribution is 2.27. The third kappa shape index (κ3) is 9.99. The number of unbranched alkanes of at least 4 members (excludes halogenated alkanes) is 15. The van der Waals surface area contributed by atoms with Gasteiger partial charge in [0.15, 0.2) is 0 Å². The molecule has 0 N–H and O–H groups in total. The van der Waals surface area contributed by atoms with Crippen LogP contribution in [0.1, 0.15) is 122 Å². The summed E-state index contributed by atoms with van der Waals surface area (Å²) in [6.07, 6.45) is 25.8. The molecule has 1 aromatic carbocycles. The van der Waals surface area contributed by atoms with Crippen molar-refractivity contribution in [2.45, 2.75) is 122 Å². The minimum absolute atomic E-state index is 1.26. The van der Waals surface area contributed by atoms with Gasteiger partial charge in [-0.1, -0.05) is 121 Å². The van der Waals surface area contributed by atoms with Gasteiger partial charge in [0.1, 0.15) is 0 Å². The number of hydrogen-bond acceptors (Lipinski definition) is 1. The van der Waals surface area contributed by atoms with Crippen LogP contribution >= 0.6 is 0 Å². The van der Waals surface area contributed by atoms with Crippen molar-refractivity contribution in [2.24, 2.45) is 0 Å². The molecule has 0 spiro atoms. The van der Waals surface area contributed by atoms with Crippen LogP contribution in [0.25, 0.3) is 0 Å². The van der Waals surface area contributed by atoms with E-state index in [9.17, 15) is 0 Å². The fraction of sp³-hybridized carbons (Fsp3) is 0.778. The topological polar surface area (TPSA) is 3.24 Å². The third-order valence-electron chi connectivity index (χ3n) is 6.49. The minimum atomic E-state index is 1.26. The van der Waals surface area contributed by atoms with Crippen molar-refractivity contribution in [1.29, 1.82) is 0 Å². The van der Waals surface area contributed by atoms with Gasteiger partial charge in [-0.25, -0.2) is 0 Å². The second kappa shape index (κ2) is 15.9. The summed E-state index contributed by atoms with van der Waals surface area (Å²) < 4.78 is 0. The molecule has 1 aliphatic heterocycles. The van der Waals surface area contributed by atoms with Gasteiger partial charge in [0.25, 0.3) is 0 Å². The molecule has 0 saturated carbocycles. The summed E-state index contributed by atoms with van der Waals surface area (Å²) in [6, 6.07) is 9.03. The molecule has 0 aliphatic carbocycles. The molecule has 1 heterocycles. The Balaban J connectivity index is 1.33. The van der Waals surface area contributed by atoms with Crippen LogP contribution in [-0.4, -0.2) is 13.1 Å². The fourth-order valence-electron chi connectivity index (χ4n) is 4.69. The molecule has 1 nitrogen and oxygen atoms in total. The maximum Gasteiger partial charge on any atom is 0.0398 e. The minimum Gasteiger partial charge on any atom is -0.371 e. The lowest BCUT2D eigenvalue weighted by molar-refractivity contribution is 0.528. The molecular weight excluding hydrogens is 338 g/mol. The van der Waals surface area contributed by atoms with Crippen molar-refractivity contribution in [3.8, 4) is 0 Å². The molecular formula is C27H47N. The highest BCUT2D eigenvalue weighted by Gasteiger charge is 2.15. The molecule has 28 heavy (non-hydrogen) atoms. The SMILES string of the molecule is CCCCCCCCCCCCCCCCCCN1CCCc2ccccc21. The summed E-state index contributed by atoms with van der Waals surface area (Å²) in [5, 5.41) is 0. The van der Waals surface area contributed by atoms with Gasteiger partial charge in [-0.15, -0.1) is 0 Å². The van der Waals surface area contributed by atoms with E-state index in [0.717, 1.165) is 0 Å². The average Bonchev–Trinajstić information content (AvgIpc) is 2.73. The van der Waals surface area contributed by atoms with Gasteiger partial charge < -0.3 is 4.90 Å². The number of rotatable bonds is 17. The third-order valence-corrected chi connectivity index (χ3v) is 6.49. The normalized spacial score (nSPS) is 13.7. The molecule has 1 heteroatoms. The van der Waals surface area contributed by atoms with E-state index >= 15 is 0 Å². The molecule has 0 fully saturated rings. The lowest BCUT2D eigenvalue weighted by Gasteiger charge is -2.31. The Morgan fingerprint density at radius 3 is 1.71 bits per heavy atom. The largest absolute Gasteiger partial charge is 0.371 e. The van der Waals surface area contributed by atoms with E-state index in [1.54, 1.807) is 5.56 Å². The summed E-state index contributed by atoms with van der Waals surface area (Å²) >= 11 is 0. The highest BCUT2D eigenvalue weighted by atomic mass is 15.1. The van der Waals surface area contributed by atoms with Crippen LogP contribution in [0.2, 0.25) is 0 Å². The van der Waals surface area contributed by atoms with Crippen LogP contribution < -0.4 is 4.90 Å². The van der Waals surface area contributed by atoms with Gasteiger partial charge in [0.05, 0.1) is 0 Å². The van der Waals surface area contributed by atoms with Crippen LogP contribution in [0.5, 0.6) is 0 Å². The standard InChI is InChI=1S/C27H47N/c1-2-3-4-5-6-7-8-9-10-11-12-13-14-15-16-19-24-28-25-20-22-26-21-17-18-23-27(26)28/h17-18,21,23H,2-16,19-20,22,24-25H2,1H3. The molecule has 1 aliphatic rings. The van der Waals surface area contributed by atoms with Crippen molar-refractivity contribution in [1.82, 2.24) is 0 Å². The molecule has 0 saturated heterocycles. The Morgan fingerprint density at radius 1 is 0.643 bits per heavy atom. The van der Waals surface area contributed by atoms with E-state index in [0.29, 0.717) is 0 Å². The summed E-state index contributed by atoms with van der Waals surface area (Å²) in [7, 11) is 0. The van der Waals surface area contributed by atoms with Crippen molar-refractivity contribution >= 4 is 5.69 Å². The monoisotopic (exact) mass is 385 g/mol. The maximum atomic E-state index is 2.63. The summed E-state index contributed by atoms with van der Waals surface area (Å²) in [4.78, 5) is 2.63. The molecule has 0 amide bonds. The summed E-state index contributed by atoms with van der Waals surface area (Å²) in [6.45, 7) is 4.82. The smallest absolute Gasteiger partial charge is 0.0398 e. The van der Waals surface area contributed by atoms with E-state index in [1.807, 2.05) is 0 Å². The van der Waals surface area contributed by atoms with E-state index < -0.39 is 0 Å². The van der Waals surface area contributed by atoms with Gasteiger partial charge in [-0.3, -0.25) is 0 Å². The lowest BCUT2D eigenvalue weighted by atomic mass is 10.0. The van der Waals surface area contributed by atoms with Crippen LogP contribution in [0.4, 0.5) is 5.69 Å². The molecule has 0 radical (unpaired) electrons. The van der Waals surface area contributed by atoms with Crippen molar-refractivity contribution in [2.75, 3.05) is 18.0 Å². The molecule has 160 valence electrons. The Morgan fingerprint density at radius 2 is 1.14 bits per heavy atom. The van der Waals surface area contributed by atoms with Crippen molar-refractivity contribution in [3.63, 3.8) is 0 Å². The van der Waals surface area contributed by atoms with Crippen LogP contribution in [-0.2, 0) is 6.42 Å². The van der Waals surface area contributed by atoms with Crippen molar-refractivity contribution < 1.29 is 0 Å². The number of aryl methyl sites for hydroxylation is 1. The lowest BCUT2D eigenvalue weighted by Crippen LogP contribution is -2.30. The number of para-hydroxylation sites is 1. The predicted molar refractivity (Wildman–Crippen MR) is 127 cm³/mol. The second-order valence-electron chi connectivity index (χ2n) is 9.02. The number of hydrogen-bond donors (Lipinski definition) is 0. The first-order valence-corrected chi connectivity index (χ1v) is 12.7. The van der Waals surface area contributed by atoms with Gasteiger partial charge in [-0.2, -0.15) is 0 Å². The predicted octanol–water partition coefficient (Wildman–Crippen LogP) is 8.70. The van der Waals surface area contributed by atoms with Crippen molar-refractivity contribution in [3.05, 3.63) is 29.8 Å². The molecule has 0 unspecified atom stereocenters. The van der Waals surface area contributed by atoms with Crippen LogP contribution in [0.3, 0.4) is 0 Å². The zero-order chi connectivity index (χ0) is 19.7. The van der Waals surface area contributed by atoms with Gasteiger partial charge >= 0.3 is 0 Å². The van der Waals surface area contributed by atoms with E-state index in [2.05, 4.69) is 36.1 Å². The average molecular weight is 386 g/mol. The molecule has 0 bridgehead atoms. The Labute approximate surface area is 176 Å². The summed E-state index contributed by atoms with van der Waals surface area (Å²) in [5.74, 6) is 0. The van der Waals surface area contributed by atoms with E-state index in [1.165, 1.54) is 134 Å². The quantitative estimate of drug-likeness (QED) is 0.242. The zero-order valence-electron chi connectivity index (χ0n) is 18.9. The number of nitrogens with zero attached hydrogens (tertiary/aromatic N) is 1. The molecule has 0 atom stereocenters. The maximum absolute atomic E-state index is 2.63. The molecule has 2 rings (SSSR count). The number of benzene rings is 1. The van der Waals surface area contributed by atoms with Crippen LogP contribution in [0, 0.1) is 0 Å². The highest BCUT2D eigenvalue weighted by molar-refractivity contribution is 5.55.